The number of carbonyl (C=O) groups is 2. The molecule has 0 bridgehead atoms. The zero-order valence-electron chi connectivity index (χ0n) is 13.4. The third-order valence-corrected chi connectivity index (χ3v) is 3.74. The van der Waals surface area contributed by atoms with Crippen molar-refractivity contribution in [1.29, 1.82) is 0 Å². The Balaban J connectivity index is 1.87. The Kier molecular flexibility index (Phi) is 5.81. The molecule has 1 heterocycles. The molecule has 0 saturated carbocycles. The van der Waals surface area contributed by atoms with Crippen LogP contribution in [0.25, 0.3) is 0 Å². The summed E-state index contributed by atoms with van der Waals surface area (Å²) in [6.45, 7) is 6.73. The van der Waals surface area contributed by atoms with Crippen LogP contribution in [-0.4, -0.2) is 47.9 Å². The third-order valence-electron chi connectivity index (χ3n) is 3.74. The van der Waals surface area contributed by atoms with Crippen molar-refractivity contribution >= 4 is 17.6 Å². The molecule has 0 aliphatic carbocycles. The van der Waals surface area contributed by atoms with Crippen molar-refractivity contribution in [1.82, 2.24) is 9.80 Å². The number of benzene rings is 1. The summed E-state index contributed by atoms with van der Waals surface area (Å²) in [6, 6.07) is 9.35. The molecule has 5 nitrogen and oxygen atoms in total. The van der Waals surface area contributed by atoms with E-state index < -0.39 is 0 Å². The Hall–Kier alpha value is -2.04. The molecule has 5 heteroatoms. The number of amides is 3. The summed E-state index contributed by atoms with van der Waals surface area (Å²) in [4.78, 5) is 28.1. The van der Waals surface area contributed by atoms with E-state index in [9.17, 15) is 9.59 Å². The zero-order valence-corrected chi connectivity index (χ0v) is 13.4. The standard InChI is InChI=1S/C17H25N3O2/c1-14(2)13-16(21)19-9-6-10-20(12-11-19)17(22)18-15-7-4-3-5-8-15/h3-5,7-8,14H,6,9-13H2,1-2H3,(H,18,22). The van der Waals surface area contributed by atoms with E-state index in [4.69, 9.17) is 0 Å². The molecule has 0 radical (unpaired) electrons. The number of rotatable bonds is 3. The van der Waals surface area contributed by atoms with Crippen LogP contribution in [0.5, 0.6) is 0 Å². The molecule has 1 aliphatic rings. The van der Waals surface area contributed by atoms with Crippen LogP contribution in [0.1, 0.15) is 26.7 Å². The van der Waals surface area contributed by atoms with E-state index in [2.05, 4.69) is 19.2 Å². The summed E-state index contributed by atoms with van der Waals surface area (Å²) < 4.78 is 0. The molecule has 1 aliphatic heterocycles. The SMILES string of the molecule is CC(C)CC(=O)N1CCCN(C(=O)Nc2ccccc2)CC1. The fourth-order valence-corrected chi connectivity index (χ4v) is 2.57. The average Bonchev–Trinajstić information content (AvgIpc) is 2.73. The van der Waals surface area contributed by atoms with Gasteiger partial charge in [-0.2, -0.15) is 0 Å². The van der Waals surface area contributed by atoms with Crippen LogP contribution in [0.15, 0.2) is 30.3 Å². The van der Waals surface area contributed by atoms with Gasteiger partial charge in [0, 0.05) is 38.3 Å². The quantitative estimate of drug-likeness (QED) is 0.933. The fourth-order valence-electron chi connectivity index (χ4n) is 2.57. The molecule has 0 unspecified atom stereocenters. The van der Waals surface area contributed by atoms with E-state index in [1.807, 2.05) is 35.2 Å². The second kappa shape index (κ2) is 7.82. The normalized spacial score (nSPS) is 15.6. The van der Waals surface area contributed by atoms with Crippen LogP contribution in [0.2, 0.25) is 0 Å². The van der Waals surface area contributed by atoms with Gasteiger partial charge >= 0.3 is 6.03 Å². The highest BCUT2D eigenvalue weighted by Gasteiger charge is 2.22. The van der Waals surface area contributed by atoms with Gasteiger partial charge in [-0.1, -0.05) is 32.0 Å². The van der Waals surface area contributed by atoms with E-state index >= 15 is 0 Å². The lowest BCUT2D eigenvalue weighted by Gasteiger charge is -2.23. The number of nitrogens with one attached hydrogen (secondary N) is 1. The highest BCUT2D eigenvalue weighted by atomic mass is 16.2. The van der Waals surface area contributed by atoms with Gasteiger partial charge in [-0.15, -0.1) is 0 Å². The number of para-hydroxylation sites is 1. The number of nitrogens with zero attached hydrogens (tertiary/aromatic N) is 2. The fraction of sp³-hybridized carbons (Fsp3) is 0.529. The summed E-state index contributed by atoms with van der Waals surface area (Å²) >= 11 is 0. The molecule has 1 fully saturated rings. The molecule has 2 rings (SSSR count). The Morgan fingerprint density at radius 2 is 1.68 bits per heavy atom. The maximum absolute atomic E-state index is 12.3. The van der Waals surface area contributed by atoms with E-state index in [-0.39, 0.29) is 11.9 Å². The first-order valence-electron chi connectivity index (χ1n) is 7.95. The van der Waals surface area contributed by atoms with Gasteiger partial charge in [0.25, 0.3) is 0 Å². The molecule has 0 atom stereocenters. The highest BCUT2D eigenvalue weighted by Crippen LogP contribution is 2.11. The average molecular weight is 303 g/mol. The van der Waals surface area contributed by atoms with Crippen molar-refractivity contribution in [3.63, 3.8) is 0 Å². The van der Waals surface area contributed by atoms with Crippen molar-refractivity contribution in [2.75, 3.05) is 31.5 Å². The van der Waals surface area contributed by atoms with Gasteiger partial charge in [0.05, 0.1) is 0 Å². The molecule has 22 heavy (non-hydrogen) atoms. The van der Waals surface area contributed by atoms with Crippen molar-refractivity contribution in [3.8, 4) is 0 Å². The molecular formula is C17H25N3O2. The van der Waals surface area contributed by atoms with E-state index in [1.165, 1.54) is 0 Å². The molecule has 1 aromatic rings. The maximum atomic E-state index is 12.3. The lowest BCUT2D eigenvalue weighted by molar-refractivity contribution is -0.131. The predicted octanol–water partition coefficient (Wildman–Crippen LogP) is 2.80. The highest BCUT2D eigenvalue weighted by molar-refractivity contribution is 5.89. The monoisotopic (exact) mass is 303 g/mol. The van der Waals surface area contributed by atoms with Gasteiger partial charge in [-0.3, -0.25) is 4.79 Å². The molecule has 0 spiro atoms. The zero-order chi connectivity index (χ0) is 15.9. The number of carbonyl (C=O) groups excluding carboxylic acids is 2. The Morgan fingerprint density at radius 3 is 2.36 bits per heavy atom. The van der Waals surface area contributed by atoms with E-state index in [1.54, 1.807) is 4.90 Å². The van der Waals surface area contributed by atoms with Gasteiger partial charge < -0.3 is 15.1 Å². The molecule has 3 amide bonds. The first-order valence-corrected chi connectivity index (χ1v) is 7.95. The molecule has 0 aromatic heterocycles. The van der Waals surface area contributed by atoms with Gasteiger partial charge in [0.2, 0.25) is 5.91 Å². The smallest absolute Gasteiger partial charge is 0.321 e. The number of urea groups is 1. The summed E-state index contributed by atoms with van der Waals surface area (Å²) in [5, 5.41) is 2.90. The number of hydrogen-bond acceptors (Lipinski definition) is 2. The van der Waals surface area contributed by atoms with Crippen molar-refractivity contribution in [3.05, 3.63) is 30.3 Å². The minimum Gasteiger partial charge on any atom is -0.341 e. The molecule has 1 aromatic carbocycles. The summed E-state index contributed by atoms with van der Waals surface area (Å²) in [5.74, 6) is 0.563. The summed E-state index contributed by atoms with van der Waals surface area (Å²) in [7, 11) is 0. The second-order valence-electron chi connectivity index (χ2n) is 6.12. The molecular weight excluding hydrogens is 278 g/mol. The minimum absolute atomic E-state index is 0.0932. The van der Waals surface area contributed by atoms with Crippen LogP contribution in [-0.2, 0) is 4.79 Å². The Morgan fingerprint density at radius 1 is 1.05 bits per heavy atom. The Bertz CT molecular complexity index is 502. The van der Waals surface area contributed by atoms with Crippen LogP contribution < -0.4 is 5.32 Å². The third kappa shape index (κ3) is 4.76. The van der Waals surface area contributed by atoms with Gasteiger partial charge in [-0.25, -0.2) is 4.79 Å². The van der Waals surface area contributed by atoms with E-state index in [0.717, 1.165) is 18.7 Å². The topological polar surface area (TPSA) is 52.7 Å². The first kappa shape index (κ1) is 16.3. The predicted molar refractivity (Wildman–Crippen MR) is 87.7 cm³/mol. The number of hydrogen-bond donors (Lipinski definition) is 1. The second-order valence-corrected chi connectivity index (χ2v) is 6.12. The van der Waals surface area contributed by atoms with Gasteiger partial charge in [0.15, 0.2) is 0 Å². The molecule has 120 valence electrons. The summed E-state index contributed by atoms with van der Waals surface area (Å²) in [6.07, 6.45) is 1.41. The first-order chi connectivity index (χ1) is 10.6. The van der Waals surface area contributed by atoms with E-state index in [0.29, 0.717) is 32.0 Å². The van der Waals surface area contributed by atoms with Gasteiger partial charge in [0.1, 0.15) is 0 Å². The molecule has 1 saturated heterocycles. The van der Waals surface area contributed by atoms with Crippen LogP contribution in [0.4, 0.5) is 10.5 Å². The largest absolute Gasteiger partial charge is 0.341 e. The lowest BCUT2D eigenvalue weighted by atomic mass is 10.1. The Labute approximate surface area is 132 Å². The van der Waals surface area contributed by atoms with Crippen molar-refractivity contribution in [2.24, 2.45) is 5.92 Å². The van der Waals surface area contributed by atoms with Crippen molar-refractivity contribution in [2.45, 2.75) is 26.7 Å². The van der Waals surface area contributed by atoms with Crippen LogP contribution in [0, 0.1) is 5.92 Å². The van der Waals surface area contributed by atoms with Crippen LogP contribution in [0.3, 0.4) is 0 Å². The van der Waals surface area contributed by atoms with Crippen LogP contribution >= 0.6 is 0 Å². The number of anilines is 1. The maximum Gasteiger partial charge on any atom is 0.321 e. The lowest BCUT2D eigenvalue weighted by Crippen LogP contribution is -2.39. The summed E-state index contributed by atoms with van der Waals surface area (Å²) in [5.41, 5.74) is 0.796. The molecule has 1 N–H and O–H groups in total. The van der Waals surface area contributed by atoms with Gasteiger partial charge in [-0.05, 0) is 24.5 Å². The minimum atomic E-state index is -0.0932. The van der Waals surface area contributed by atoms with Crippen molar-refractivity contribution < 1.29 is 9.59 Å².